The maximum Gasteiger partial charge on any atom is 0.416 e. The molecule has 396 valence electrons. The number of alkyl halides is 12. The fraction of sp³-hybridized carbons (Fsp3) is 0.133. The number of hydrogen-bond donors (Lipinski definition) is 1. The molecule has 12 rings (SSSR count). The predicted octanol–water partition coefficient (Wildman–Crippen LogP) is 17.6. The lowest BCUT2D eigenvalue weighted by atomic mass is 9.81. The molecule has 4 bridgehead atoms. The van der Waals surface area contributed by atoms with Crippen molar-refractivity contribution in [3.8, 4) is 44.5 Å². The minimum atomic E-state index is -5.20. The summed E-state index contributed by atoms with van der Waals surface area (Å²) in [5.74, 6) is 0. The van der Waals surface area contributed by atoms with Crippen LogP contribution in [0.25, 0.3) is 87.6 Å². The van der Waals surface area contributed by atoms with E-state index in [9.17, 15) is 52.7 Å². The third-order valence-electron chi connectivity index (χ3n) is 14.6. The second-order valence-electron chi connectivity index (χ2n) is 19.7. The number of rotatable bonds is 2. The number of halogens is 12. The molecule has 78 heavy (non-hydrogen) atoms. The molecule has 0 radical (unpaired) electrons. The molecule has 0 aliphatic carbocycles. The van der Waals surface area contributed by atoms with Crippen LogP contribution in [0.4, 0.5) is 52.7 Å². The van der Waals surface area contributed by atoms with Gasteiger partial charge in [-0.3, -0.25) is 4.55 Å². The van der Waals surface area contributed by atoms with Crippen LogP contribution in [0.2, 0.25) is 0 Å². The van der Waals surface area contributed by atoms with Crippen LogP contribution < -0.4 is 0 Å². The minimum Gasteiger partial charge on any atom is -0.726 e. The van der Waals surface area contributed by atoms with Crippen molar-refractivity contribution >= 4 is 53.5 Å². The zero-order valence-electron chi connectivity index (χ0n) is 40.1. The first-order chi connectivity index (χ1) is 36.6. The molecule has 18 heteroatoms. The number of fused-ring (bicyclic) bond motifs is 10. The van der Waals surface area contributed by atoms with Crippen molar-refractivity contribution in [1.29, 1.82) is 0 Å². The Morgan fingerprint density at radius 2 is 0.705 bits per heavy atom. The summed E-state index contributed by atoms with van der Waals surface area (Å²) in [7, 11) is -4.92. The molecule has 0 saturated carbocycles. The second kappa shape index (κ2) is 18.4. The third-order valence-corrected chi connectivity index (χ3v) is 14.6. The van der Waals surface area contributed by atoms with E-state index in [2.05, 4.69) is 12.1 Å². The number of nitrogens with zero attached hydrogens (tertiary/aromatic N) is 1. The fourth-order valence-corrected chi connectivity index (χ4v) is 11.5. The molecule has 2 aliphatic rings. The Kier molecular flexibility index (Phi) is 12.4. The Labute approximate surface area is 436 Å². The molecule has 0 unspecified atom stereocenters. The van der Waals surface area contributed by atoms with E-state index in [4.69, 9.17) is 17.5 Å². The Morgan fingerprint density at radius 3 is 1.05 bits per heavy atom. The second-order valence-corrected chi connectivity index (χ2v) is 20.6. The van der Waals surface area contributed by atoms with Crippen LogP contribution in [0.5, 0.6) is 0 Å². The number of benzene rings is 10. The van der Waals surface area contributed by atoms with E-state index in [1.54, 1.807) is 60.7 Å². The first kappa shape index (κ1) is 52.3. The molecule has 0 amide bonds. The molecular weight excluding hydrogens is 1060 g/mol. The summed E-state index contributed by atoms with van der Waals surface area (Å²) in [6.07, 6.45) is -20.8. The lowest BCUT2D eigenvalue weighted by molar-refractivity contribution is -0.978. The Morgan fingerprint density at radius 1 is 0.372 bits per heavy atom. The van der Waals surface area contributed by atoms with Gasteiger partial charge in [0.15, 0.2) is 0 Å². The van der Waals surface area contributed by atoms with Crippen LogP contribution in [0.1, 0.15) is 44.5 Å². The van der Waals surface area contributed by atoms with Gasteiger partial charge in [-0.05, 0) is 137 Å². The van der Waals surface area contributed by atoms with Gasteiger partial charge in [0.05, 0.1) is 22.3 Å². The van der Waals surface area contributed by atoms with E-state index in [0.717, 1.165) is 43.8 Å². The first-order valence-electron chi connectivity index (χ1n) is 23.9. The zero-order chi connectivity index (χ0) is 55.5. The van der Waals surface area contributed by atoms with Gasteiger partial charge in [0, 0.05) is 33.4 Å². The van der Waals surface area contributed by atoms with Crippen molar-refractivity contribution in [1.82, 2.24) is 0 Å². The summed E-state index contributed by atoms with van der Waals surface area (Å²) < 4.78 is 211. The molecule has 2 aliphatic heterocycles. The summed E-state index contributed by atoms with van der Waals surface area (Å²) in [6.45, 7) is 0.183. The topological polar surface area (TPSA) is 77.4 Å². The summed E-state index contributed by atoms with van der Waals surface area (Å²) in [5.41, 5.74) is -1.79. The molecule has 0 atom stereocenters. The van der Waals surface area contributed by atoms with E-state index in [0.29, 0.717) is 68.1 Å². The van der Waals surface area contributed by atoms with Crippen LogP contribution >= 0.6 is 0 Å². The molecule has 10 aromatic carbocycles. The monoisotopic (exact) mass is 1100 g/mol. The van der Waals surface area contributed by atoms with Crippen molar-refractivity contribution in [3.05, 3.63) is 214 Å². The zero-order valence-corrected chi connectivity index (χ0v) is 40.9. The van der Waals surface area contributed by atoms with Gasteiger partial charge in [0.2, 0.25) is 10.4 Å². The van der Waals surface area contributed by atoms with Crippen molar-refractivity contribution < 1.29 is 74.7 Å². The molecular formula is C60H37F12NO4S. The maximum atomic E-state index is 14.8. The van der Waals surface area contributed by atoms with Gasteiger partial charge in [-0.1, -0.05) is 109 Å². The van der Waals surface area contributed by atoms with Gasteiger partial charge >= 0.3 is 24.7 Å². The van der Waals surface area contributed by atoms with Crippen molar-refractivity contribution in [2.24, 2.45) is 0 Å². The van der Waals surface area contributed by atoms with E-state index in [-0.39, 0.29) is 65.0 Å². The van der Waals surface area contributed by atoms with Crippen LogP contribution in [0.15, 0.2) is 170 Å². The number of hydrogen-bond acceptors (Lipinski definition) is 3. The highest BCUT2D eigenvalue weighted by atomic mass is 32.3. The van der Waals surface area contributed by atoms with Gasteiger partial charge in [-0.15, -0.1) is 0 Å². The summed E-state index contributed by atoms with van der Waals surface area (Å²) in [4.78, 5) is 0. The molecule has 1 spiro atoms. The lowest BCUT2D eigenvalue weighted by Crippen LogP contribution is -2.44. The quantitative estimate of drug-likeness (QED) is 0.0810. The third kappa shape index (κ3) is 9.93. The number of quaternary nitrogens is 1. The van der Waals surface area contributed by atoms with Gasteiger partial charge in [-0.25, -0.2) is 8.42 Å². The van der Waals surface area contributed by atoms with E-state index in [1.807, 2.05) is 60.7 Å². The Bertz CT molecular complexity index is 3890. The van der Waals surface area contributed by atoms with Gasteiger partial charge in [0.1, 0.15) is 26.2 Å². The fourth-order valence-electron chi connectivity index (χ4n) is 11.5. The molecule has 0 aromatic heterocycles. The van der Waals surface area contributed by atoms with Crippen LogP contribution in [0, 0.1) is 0 Å². The van der Waals surface area contributed by atoms with Crippen LogP contribution in [-0.4, -0.2) is 22.0 Å². The molecule has 1 N–H and O–H groups in total. The lowest BCUT2D eigenvalue weighted by Gasteiger charge is -2.39. The summed E-state index contributed by atoms with van der Waals surface area (Å²) >= 11 is 0. The molecule has 0 fully saturated rings. The van der Waals surface area contributed by atoms with Gasteiger partial charge in [0.25, 0.3) is 0 Å². The van der Waals surface area contributed by atoms with Crippen molar-refractivity contribution in [2.45, 2.75) is 50.9 Å². The molecule has 10 aromatic rings. The normalized spacial score (nSPS) is 14.5. The van der Waals surface area contributed by atoms with E-state index >= 15 is 0 Å². The Balaban J connectivity index is 0.00000124. The summed E-state index contributed by atoms with van der Waals surface area (Å²) in [5, 5.41) is 5.55. The first-order valence-corrected chi connectivity index (χ1v) is 25.2. The average Bonchev–Trinajstić information content (AvgIpc) is 3.79. The van der Waals surface area contributed by atoms with Crippen LogP contribution in [-0.2, 0) is 61.3 Å². The average molecular weight is 1100 g/mol. The molecule has 5 nitrogen and oxygen atoms in total. The highest BCUT2D eigenvalue weighted by Crippen LogP contribution is 2.53. The molecule has 0 saturated heterocycles. The summed E-state index contributed by atoms with van der Waals surface area (Å²) in [6, 6.07) is 43.7. The highest BCUT2D eigenvalue weighted by Gasteiger charge is 2.43. The maximum absolute atomic E-state index is 14.8. The Hall–Kier alpha value is -7.77. The van der Waals surface area contributed by atoms with Crippen molar-refractivity contribution in [3.63, 3.8) is 0 Å². The predicted molar refractivity (Wildman–Crippen MR) is 272 cm³/mol. The standard InChI is InChI=1S/C60H36F12N.H2O4S/c61-57(62,63)41-21-39(22-42(27-41)58(64,65)66)51-25-37-7-1-3-11-45(37)55-53(51)31-73(29-33-15-17-35-9-5-13-47(49(35)19-33)48-14-6-10-36-18-16-34(30-73)20-50(36)48)32-54-52(26-38-8-2-4-12-46(38)56(54)55)40-23-43(59(67,68)69)28-44(24-40)60(70,71)72;1-5(2,3)4/h1-28H,29-32H2;(H2,1,2,3,4)/q+1;/p-1. The largest absolute Gasteiger partial charge is 0.726 e. The van der Waals surface area contributed by atoms with E-state index < -0.39 is 57.4 Å². The SMILES string of the molecule is FC(F)(F)c1cc(-c2cc3ccccc3c3c2C[N+]2(Cc4ccc5cccc(c5c4)-c4cccc5ccc(cc45)C2)Cc2c(-c4cc(C(F)(F)F)cc(C(F)(F)F)c4)cc4ccccc4c2-3)cc(C(F)(F)F)c1.O=S(=O)([O-])O. The minimum absolute atomic E-state index is 0.0551. The van der Waals surface area contributed by atoms with Crippen LogP contribution in [0.3, 0.4) is 0 Å². The van der Waals surface area contributed by atoms with Crippen molar-refractivity contribution in [2.75, 3.05) is 0 Å². The molecule has 2 heterocycles. The van der Waals surface area contributed by atoms with Gasteiger partial charge in [-0.2, -0.15) is 52.7 Å². The van der Waals surface area contributed by atoms with Gasteiger partial charge < -0.3 is 9.04 Å². The van der Waals surface area contributed by atoms with E-state index in [1.165, 1.54) is 0 Å². The smallest absolute Gasteiger partial charge is 0.416 e. The highest BCUT2D eigenvalue weighted by molar-refractivity contribution is 7.79.